The lowest BCUT2D eigenvalue weighted by Gasteiger charge is -2.34. The number of nitrogens with one attached hydrogen (secondary N) is 1. The van der Waals surface area contributed by atoms with Crippen LogP contribution in [-0.2, 0) is 10.2 Å². The van der Waals surface area contributed by atoms with E-state index in [1.807, 2.05) is 6.92 Å². The molecule has 1 N–H and O–H groups in total. The fourth-order valence-electron chi connectivity index (χ4n) is 2.46. The zero-order valence-corrected chi connectivity index (χ0v) is 14.0. The number of likely N-dealkylation sites (N-methyl/N-ethyl adjacent to an activating group) is 1. The number of piperidine rings is 1. The van der Waals surface area contributed by atoms with E-state index in [1.54, 1.807) is 11.4 Å². The van der Waals surface area contributed by atoms with E-state index in [9.17, 15) is 8.42 Å². The van der Waals surface area contributed by atoms with Gasteiger partial charge in [-0.3, -0.25) is 0 Å². The zero-order valence-electron chi connectivity index (χ0n) is 13.2. The highest BCUT2D eigenvalue weighted by atomic mass is 32.2. The summed E-state index contributed by atoms with van der Waals surface area (Å²) in [6.45, 7) is 12.4. The third-order valence-electron chi connectivity index (χ3n) is 3.51. The first kappa shape index (κ1) is 17.6. The van der Waals surface area contributed by atoms with Crippen LogP contribution in [0.2, 0.25) is 0 Å². The van der Waals surface area contributed by atoms with Gasteiger partial charge in [-0.2, -0.15) is 17.0 Å². The summed E-state index contributed by atoms with van der Waals surface area (Å²) in [6.07, 6.45) is 2.03. The summed E-state index contributed by atoms with van der Waals surface area (Å²) in [5, 5.41) is 3.40. The van der Waals surface area contributed by atoms with E-state index >= 15 is 0 Å². The molecule has 118 valence electrons. The molecule has 0 aromatic rings. The van der Waals surface area contributed by atoms with Crippen molar-refractivity contribution >= 4 is 10.2 Å². The molecule has 0 aromatic heterocycles. The van der Waals surface area contributed by atoms with E-state index in [2.05, 4.69) is 25.7 Å². The molecule has 1 rings (SSSR count). The van der Waals surface area contributed by atoms with Crippen LogP contribution in [0, 0.1) is 5.92 Å². The Kier molecular flexibility index (Phi) is 6.64. The van der Waals surface area contributed by atoms with Crippen molar-refractivity contribution < 1.29 is 8.42 Å². The van der Waals surface area contributed by atoms with Gasteiger partial charge in [0.25, 0.3) is 10.2 Å². The predicted molar refractivity (Wildman–Crippen MR) is 83.8 cm³/mol. The summed E-state index contributed by atoms with van der Waals surface area (Å²) >= 11 is 0. The summed E-state index contributed by atoms with van der Waals surface area (Å²) in [5.41, 5.74) is 0.853. The Morgan fingerprint density at radius 3 is 2.70 bits per heavy atom. The Hall–Kier alpha value is -0.430. The molecule has 1 fully saturated rings. The molecular formula is C14H29N3O2S. The molecule has 1 aliphatic heterocycles. The molecule has 6 heteroatoms. The van der Waals surface area contributed by atoms with Gasteiger partial charge in [-0.1, -0.05) is 26.0 Å². The molecule has 0 amide bonds. The minimum atomic E-state index is -3.35. The van der Waals surface area contributed by atoms with Crippen molar-refractivity contribution in [2.45, 2.75) is 39.7 Å². The van der Waals surface area contributed by atoms with Gasteiger partial charge < -0.3 is 5.32 Å². The molecule has 1 saturated heterocycles. The molecule has 5 nitrogen and oxygen atoms in total. The van der Waals surface area contributed by atoms with Gasteiger partial charge >= 0.3 is 0 Å². The second-order valence-electron chi connectivity index (χ2n) is 6.15. The van der Waals surface area contributed by atoms with Crippen LogP contribution in [0.4, 0.5) is 0 Å². The standard InChI is InChI=1S/C14H29N3O2S/c1-12(2)10-16(5)20(18,19)17-8-6-7-14(11-17)9-15-13(3)4/h13-15H,1,6-11H2,2-5H3. The first-order chi connectivity index (χ1) is 9.23. The average molecular weight is 303 g/mol. The maximum atomic E-state index is 12.5. The van der Waals surface area contributed by atoms with Crippen molar-refractivity contribution in [1.82, 2.24) is 13.9 Å². The monoisotopic (exact) mass is 303 g/mol. The van der Waals surface area contributed by atoms with Crippen molar-refractivity contribution in [3.05, 3.63) is 12.2 Å². The molecule has 1 atom stereocenters. The fourth-order valence-corrected chi connectivity index (χ4v) is 4.00. The van der Waals surface area contributed by atoms with E-state index in [1.165, 1.54) is 4.31 Å². The van der Waals surface area contributed by atoms with E-state index in [4.69, 9.17) is 0 Å². The Balaban J connectivity index is 2.63. The lowest BCUT2D eigenvalue weighted by atomic mass is 9.99. The third kappa shape index (κ3) is 5.16. The van der Waals surface area contributed by atoms with Crippen molar-refractivity contribution in [2.75, 3.05) is 33.2 Å². The van der Waals surface area contributed by atoms with Gasteiger partial charge in [0.05, 0.1) is 0 Å². The Bertz CT molecular complexity index is 420. The summed E-state index contributed by atoms with van der Waals surface area (Å²) in [7, 11) is -1.73. The molecule has 0 saturated carbocycles. The summed E-state index contributed by atoms with van der Waals surface area (Å²) in [4.78, 5) is 0. The van der Waals surface area contributed by atoms with E-state index in [-0.39, 0.29) is 0 Å². The van der Waals surface area contributed by atoms with Crippen molar-refractivity contribution in [2.24, 2.45) is 5.92 Å². The minimum Gasteiger partial charge on any atom is -0.314 e. The van der Waals surface area contributed by atoms with Crippen LogP contribution in [-0.4, -0.2) is 56.3 Å². The largest absolute Gasteiger partial charge is 0.314 e. The zero-order chi connectivity index (χ0) is 15.3. The highest BCUT2D eigenvalue weighted by molar-refractivity contribution is 7.86. The quantitative estimate of drug-likeness (QED) is 0.724. The van der Waals surface area contributed by atoms with Crippen LogP contribution in [0.15, 0.2) is 12.2 Å². The second kappa shape index (κ2) is 7.54. The van der Waals surface area contributed by atoms with Gasteiger partial charge in [0.2, 0.25) is 0 Å². The van der Waals surface area contributed by atoms with Crippen LogP contribution in [0.5, 0.6) is 0 Å². The van der Waals surface area contributed by atoms with Crippen molar-refractivity contribution in [3.63, 3.8) is 0 Å². The van der Waals surface area contributed by atoms with Gasteiger partial charge in [0.15, 0.2) is 0 Å². The second-order valence-corrected chi connectivity index (χ2v) is 8.19. The number of hydrogen-bond donors (Lipinski definition) is 1. The average Bonchev–Trinajstić information content (AvgIpc) is 2.35. The van der Waals surface area contributed by atoms with Gasteiger partial charge in [-0.25, -0.2) is 0 Å². The summed E-state index contributed by atoms with van der Waals surface area (Å²) in [6, 6.07) is 0.438. The Labute approximate surface area is 124 Å². The first-order valence-electron chi connectivity index (χ1n) is 7.32. The minimum absolute atomic E-state index is 0.383. The first-order valence-corrected chi connectivity index (χ1v) is 8.72. The number of rotatable bonds is 7. The fraction of sp³-hybridized carbons (Fsp3) is 0.857. The normalized spacial score (nSPS) is 21.6. The molecule has 1 heterocycles. The smallest absolute Gasteiger partial charge is 0.282 e. The molecule has 0 bridgehead atoms. The van der Waals surface area contributed by atoms with Crippen molar-refractivity contribution in [1.29, 1.82) is 0 Å². The predicted octanol–water partition coefficient (Wildman–Crippen LogP) is 1.45. The van der Waals surface area contributed by atoms with Crippen LogP contribution < -0.4 is 5.32 Å². The van der Waals surface area contributed by atoms with Crippen LogP contribution in [0.25, 0.3) is 0 Å². The van der Waals surface area contributed by atoms with Crippen LogP contribution >= 0.6 is 0 Å². The van der Waals surface area contributed by atoms with Crippen LogP contribution in [0.1, 0.15) is 33.6 Å². The van der Waals surface area contributed by atoms with Crippen molar-refractivity contribution in [3.8, 4) is 0 Å². The van der Waals surface area contributed by atoms with Gasteiger partial charge in [-0.05, 0) is 32.2 Å². The lowest BCUT2D eigenvalue weighted by molar-refractivity contribution is 0.245. The SMILES string of the molecule is C=C(C)CN(C)S(=O)(=O)N1CCCC(CNC(C)C)C1. The summed E-state index contributed by atoms with van der Waals surface area (Å²) < 4.78 is 28.0. The van der Waals surface area contributed by atoms with Crippen LogP contribution in [0.3, 0.4) is 0 Å². The topological polar surface area (TPSA) is 52.7 Å². The van der Waals surface area contributed by atoms with E-state index in [0.29, 0.717) is 31.6 Å². The van der Waals surface area contributed by atoms with Gasteiger partial charge in [-0.15, -0.1) is 0 Å². The number of hydrogen-bond acceptors (Lipinski definition) is 3. The highest BCUT2D eigenvalue weighted by Gasteiger charge is 2.31. The van der Waals surface area contributed by atoms with Gasteiger partial charge in [0, 0.05) is 32.7 Å². The lowest BCUT2D eigenvalue weighted by Crippen LogP contribution is -2.48. The molecular weight excluding hydrogens is 274 g/mol. The summed E-state index contributed by atoms with van der Waals surface area (Å²) in [5.74, 6) is 0.402. The Morgan fingerprint density at radius 2 is 2.15 bits per heavy atom. The molecule has 20 heavy (non-hydrogen) atoms. The number of nitrogens with zero attached hydrogens (tertiary/aromatic N) is 2. The Morgan fingerprint density at radius 1 is 1.50 bits per heavy atom. The van der Waals surface area contributed by atoms with E-state index < -0.39 is 10.2 Å². The molecule has 0 aromatic carbocycles. The maximum Gasteiger partial charge on any atom is 0.282 e. The molecule has 0 radical (unpaired) electrons. The maximum absolute atomic E-state index is 12.5. The molecule has 0 spiro atoms. The molecule has 0 aliphatic carbocycles. The molecule has 1 aliphatic rings. The third-order valence-corrected chi connectivity index (χ3v) is 5.41. The van der Waals surface area contributed by atoms with E-state index in [0.717, 1.165) is 25.0 Å². The highest BCUT2D eigenvalue weighted by Crippen LogP contribution is 2.20. The van der Waals surface area contributed by atoms with Gasteiger partial charge in [0.1, 0.15) is 0 Å². The molecule has 1 unspecified atom stereocenters.